The lowest BCUT2D eigenvalue weighted by Crippen LogP contribution is -2.22. The number of benzene rings is 1. The summed E-state index contributed by atoms with van der Waals surface area (Å²) in [6.45, 7) is 1.69. The van der Waals surface area contributed by atoms with Gasteiger partial charge in [-0.15, -0.1) is 0 Å². The molecule has 2 nitrogen and oxygen atoms in total. The highest BCUT2D eigenvalue weighted by Gasteiger charge is 2.11. The molecule has 2 atom stereocenters. The van der Waals surface area contributed by atoms with Crippen LogP contribution in [0.5, 0.6) is 0 Å². The summed E-state index contributed by atoms with van der Waals surface area (Å²) in [6.07, 6.45) is -0.515. The summed E-state index contributed by atoms with van der Waals surface area (Å²) in [6, 6.07) is 7.35. The van der Waals surface area contributed by atoms with Gasteiger partial charge >= 0.3 is 0 Å². The molecule has 0 fully saturated rings. The van der Waals surface area contributed by atoms with Gasteiger partial charge in [0.25, 0.3) is 0 Å². The molecular formula is C9H12BrNO. The molecule has 0 aromatic heterocycles. The van der Waals surface area contributed by atoms with E-state index in [1.807, 2.05) is 24.3 Å². The maximum absolute atomic E-state index is 9.22. The predicted molar refractivity (Wildman–Crippen MR) is 52.8 cm³/mol. The van der Waals surface area contributed by atoms with Gasteiger partial charge in [-0.2, -0.15) is 0 Å². The summed E-state index contributed by atoms with van der Waals surface area (Å²) in [7, 11) is 0. The number of nitrogens with two attached hydrogens (primary N) is 1. The Hall–Kier alpha value is -0.380. The van der Waals surface area contributed by atoms with Crippen molar-refractivity contribution in [2.24, 2.45) is 5.73 Å². The van der Waals surface area contributed by atoms with Crippen molar-refractivity contribution in [3.05, 3.63) is 34.3 Å². The van der Waals surface area contributed by atoms with Crippen molar-refractivity contribution in [1.29, 1.82) is 0 Å². The van der Waals surface area contributed by atoms with E-state index in [1.54, 1.807) is 6.92 Å². The van der Waals surface area contributed by atoms with Crippen molar-refractivity contribution < 1.29 is 5.11 Å². The van der Waals surface area contributed by atoms with Gasteiger partial charge in [-0.1, -0.05) is 28.1 Å². The predicted octanol–water partition coefficient (Wildman–Crippen LogP) is 1.83. The van der Waals surface area contributed by atoms with Crippen molar-refractivity contribution >= 4 is 15.9 Å². The van der Waals surface area contributed by atoms with E-state index in [0.717, 1.165) is 10.0 Å². The summed E-state index contributed by atoms with van der Waals surface area (Å²) < 4.78 is 0.983. The number of aliphatic hydroxyl groups excluding tert-OH is 1. The topological polar surface area (TPSA) is 46.2 Å². The molecule has 0 heterocycles. The van der Waals surface area contributed by atoms with Crippen LogP contribution in [0.25, 0.3) is 0 Å². The summed E-state index contributed by atoms with van der Waals surface area (Å²) in [5, 5.41) is 9.22. The number of hydrogen-bond acceptors (Lipinski definition) is 2. The van der Waals surface area contributed by atoms with Crippen molar-refractivity contribution in [2.75, 3.05) is 0 Å². The molecule has 0 amide bonds. The van der Waals surface area contributed by atoms with Gasteiger partial charge in [0.15, 0.2) is 0 Å². The Morgan fingerprint density at radius 1 is 1.50 bits per heavy atom. The molecule has 1 aromatic rings. The molecular weight excluding hydrogens is 218 g/mol. The zero-order chi connectivity index (χ0) is 9.14. The third-order valence-electron chi connectivity index (χ3n) is 1.75. The van der Waals surface area contributed by atoms with E-state index in [9.17, 15) is 5.11 Å². The van der Waals surface area contributed by atoms with Crippen molar-refractivity contribution in [1.82, 2.24) is 0 Å². The summed E-state index contributed by atoms with van der Waals surface area (Å²) in [5.74, 6) is 0. The molecule has 0 aliphatic carbocycles. The second-order valence-electron chi connectivity index (χ2n) is 2.82. The van der Waals surface area contributed by atoms with Gasteiger partial charge in [-0.05, 0) is 24.6 Å². The Morgan fingerprint density at radius 2 is 2.17 bits per heavy atom. The number of rotatable bonds is 2. The van der Waals surface area contributed by atoms with Crippen LogP contribution < -0.4 is 5.73 Å². The average Bonchev–Trinajstić information content (AvgIpc) is 2.03. The van der Waals surface area contributed by atoms with Gasteiger partial charge in [-0.3, -0.25) is 0 Å². The molecule has 0 bridgehead atoms. The van der Waals surface area contributed by atoms with Crippen LogP contribution in [-0.4, -0.2) is 11.2 Å². The smallest absolute Gasteiger partial charge is 0.0704 e. The molecule has 0 aliphatic heterocycles. The van der Waals surface area contributed by atoms with Gasteiger partial charge in [0.05, 0.1) is 12.1 Å². The van der Waals surface area contributed by atoms with Crippen molar-refractivity contribution in [2.45, 2.75) is 19.1 Å². The van der Waals surface area contributed by atoms with Gasteiger partial charge in [0.2, 0.25) is 0 Å². The monoisotopic (exact) mass is 229 g/mol. The van der Waals surface area contributed by atoms with Crippen LogP contribution >= 0.6 is 15.9 Å². The zero-order valence-electron chi connectivity index (χ0n) is 6.87. The van der Waals surface area contributed by atoms with Crippen LogP contribution in [0.3, 0.4) is 0 Å². The molecule has 1 unspecified atom stereocenters. The highest BCUT2D eigenvalue weighted by Crippen LogP contribution is 2.18. The second-order valence-corrected chi connectivity index (χ2v) is 3.74. The second kappa shape index (κ2) is 4.03. The van der Waals surface area contributed by atoms with Gasteiger partial charge < -0.3 is 10.8 Å². The number of halogens is 1. The lowest BCUT2D eigenvalue weighted by molar-refractivity contribution is 0.164. The van der Waals surface area contributed by atoms with Crippen molar-refractivity contribution in [3.8, 4) is 0 Å². The fraction of sp³-hybridized carbons (Fsp3) is 0.333. The summed E-state index contributed by atoms with van der Waals surface area (Å²) in [5.41, 5.74) is 6.68. The van der Waals surface area contributed by atoms with E-state index in [4.69, 9.17) is 5.73 Å². The minimum absolute atomic E-state index is 0.303. The standard InChI is InChI=1S/C9H12BrNO/c1-6(12)9(11)7-3-2-4-8(10)5-7/h2-6,9,12H,11H2,1H3/t6?,9-/m1/s1. The molecule has 1 rings (SSSR count). The number of hydrogen-bond donors (Lipinski definition) is 2. The molecule has 3 N–H and O–H groups in total. The quantitative estimate of drug-likeness (QED) is 0.814. The molecule has 0 radical (unpaired) electrons. The van der Waals surface area contributed by atoms with E-state index in [0.29, 0.717) is 0 Å². The Kier molecular flexibility index (Phi) is 3.26. The molecule has 1 aromatic carbocycles. The molecule has 12 heavy (non-hydrogen) atoms. The first-order valence-corrected chi connectivity index (χ1v) is 4.59. The largest absolute Gasteiger partial charge is 0.391 e. The van der Waals surface area contributed by atoms with Gasteiger partial charge in [0, 0.05) is 4.47 Å². The number of aliphatic hydroxyl groups is 1. The Balaban J connectivity index is 2.88. The Morgan fingerprint density at radius 3 is 2.67 bits per heavy atom. The first-order chi connectivity index (χ1) is 5.61. The molecule has 0 saturated carbocycles. The first-order valence-electron chi connectivity index (χ1n) is 3.80. The van der Waals surface area contributed by atoms with E-state index >= 15 is 0 Å². The molecule has 3 heteroatoms. The van der Waals surface area contributed by atoms with Crippen LogP contribution in [0.4, 0.5) is 0 Å². The first kappa shape index (κ1) is 9.71. The summed E-state index contributed by atoms with van der Waals surface area (Å²) >= 11 is 3.34. The highest BCUT2D eigenvalue weighted by molar-refractivity contribution is 9.10. The normalized spacial score (nSPS) is 15.7. The van der Waals surface area contributed by atoms with Crippen LogP contribution in [-0.2, 0) is 0 Å². The van der Waals surface area contributed by atoms with Crippen LogP contribution in [0.2, 0.25) is 0 Å². The molecule has 66 valence electrons. The molecule has 0 spiro atoms. The third-order valence-corrected chi connectivity index (χ3v) is 2.25. The van der Waals surface area contributed by atoms with Gasteiger partial charge in [0.1, 0.15) is 0 Å². The zero-order valence-corrected chi connectivity index (χ0v) is 8.45. The van der Waals surface area contributed by atoms with E-state index in [2.05, 4.69) is 15.9 Å². The minimum atomic E-state index is -0.515. The maximum Gasteiger partial charge on any atom is 0.0704 e. The fourth-order valence-corrected chi connectivity index (χ4v) is 1.41. The van der Waals surface area contributed by atoms with E-state index in [-0.39, 0.29) is 6.04 Å². The lowest BCUT2D eigenvalue weighted by atomic mass is 10.0. The Bertz CT molecular complexity index is 262. The summed E-state index contributed by atoms with van der Waals surface area (Å²) in [4.78, 5) is 0. The minimum Gasteiger partial charge on any atom is -0.391 e. The average molecular weight is 230 g/mol. The van der Waals surface area contributed by atoms with E-state index in [1.165, 1.54) is 0 Å². The lowest BCUT2D eigenvalue weighted by Gasteiger charge is -2.14. The fourth-order valence-electron chi connectivity index (χ4n) is 0.992. The maximum atomic E-state index is 9.22. The van der Waals surface area contributed by atoms with Crippen LogP contribution in [0.15, 0.2) is 28.7 Å². The van der Waals surface area contributed by atoms with Crippen molar-refractivity contribution in [3.63, 3.8) is 0 Å². The van der Waals surface area contributed by atoms with Crippen LogP contribution in [0, 0.1) is 0 Å². The van der Waals surface area contributed by atoms with Gasteiger partial charge in [-0.25, -0.2) is 0 Å². The molecule has 0 saturated heterocycles. The molecule has 0 aliphatic rings. The van der Waals surface area contributed by atoms with E-state index < -0.39 is 6.10 Å². The highest BCUT2D eigenvalue weighted by atomic mass is 79.9. The van der Waals surface area contributed by atoms with Crippen LogP contribution in [0.1, 0.15) is 18.5 Å². The third kappa shape index (κ3) is 2.30. The SMILES string of the molecule is CC(O)[C@@H](N)c1cccc(Br)c1. The Labute approximate surface area is 80.5 Å².